The van der Waals surface area contributed by atoms with Crippen molar-refractivity contribution in [2.45, 2.75) is 19.3 Å². The molecule has 160 valence electrons. The predicted molar refractivity (Wildman–Crippen MR) is 135 cm³/mol. The van der Waals surface area contributed by atoms with Crippen molar-refractivity contribution in [3.63, 3.8) is 0 Å². The predicted octanol–water partition coefficient (Wildman–Crippen LogP) is 7.20. The Bertz CT molecular complexity index is 1380. The van der Waals surface area contributed by atoms with Crippen LogP contribution in [0.2, 0.25) is 0 Å². The molecule has 3 aromatic heterocycles. The second-order valence-electron chi connectivity index (χ2n) is 8.66. The van der Waals surface area contributed by atoms with Crippen molar-refractivity contribution in [1.82, 2.24) is 15.0 Å². The van der Waals surface area contributed by atoms with Crippen LogP contribution in [0.25, 0.3) is 33.6 Å². The minimum Gasteiger partial charge on any atom is -0.263 e. The number of hydrogen-bond donors (Lipinski definition) is 0. The van der Waals surface area contributed by atoms with Crippen LogP contribution in [0, 0.1) is 0 Å². The molecule has 0 amide bonds. The molecule has 0 N–H and O–H groups in total. The average molecular weight is 428 g/mol. The van der Waals surface area contributed by atoms with Crippen molar-refractivity contribution < 1.29 is 0 Å². The molecule has 0 spiro atoms. The lowest BCUT2D eigenvalue weighted by atomic mass is 9.80. The van der Waals surface area contributed by atoms with Crippen LogP contribution in [-0.2, 0) is 5.41 Å². The zero-order valence-electron chi connectivity index (χ0n) is 18.8. The standard InChI is InChI=1S/C30H25N3/c1-30(2,26-13-8-12-23(19-26)22-10-4-3-5-11-22)29-16-9-15-28(33-29)25-18-24(20-31-21-25)27-14-6-7-17-32-27/h3-21H,1-2H3. The van der Waals surface area contributed by atoms with Crippen LogP contribution in [0.3, 0.4) is 0 Å². The first-order valence-electron chi connectivity index (χ1n) is 11.1. The van der Waals surface area contributed by atoms with Crippen LogP contribution < -0.4 is 0 Å². The number of benzene rings is 2. The highest BCUT2D eigenvalue weighted by molar-refractivity contribution is 5.68. The van der Waals surface area contributed by atoms with E-state index in [0.717, 1.165) is 28.2 Å². The SMILES string of the molecule is CC(C)(c1cccc(-c2ccccc2)c1)c1cccc(-c2cncc(-c3ccccn3)c2)n1. The lowest BCUT2D eigenvalue weighted by molar-refractivity contribution is 0.618. The summed E-state index contributed by atoms with van der Waals surface area (Å²) in [6, 6.07) is 33.5. The van der Waals surface area contributed by atoms with Crippen molar-refractivity contribution in [3.8, 4) is 33.6 Å². The number of aromatic nitrogens is 3. The maximum Gasteiger partial charge on any atom is 0.0721 e. The van der Waals surface area contributed by atoms with E-state index in [9.17, 15) is 0 Å². The van der Waals surface area contributed by atoms with Crippen LogP contribution in [-0.4, -0.2) is 15.0 Å². The number of hydrogen-bond acceptors (Lipinski definition) is 3. The van der Waals surface area contributed by atoms with Gasteiger partial charge in [0, 0.05) is 35.1 Å². The molecule has 5 aromatic rings. The molecule has 3 heteroatoms. The van der Waals surface area contributed by atoms with E-state index in [2.05, 4.69) is 90.5 Å². The largest absolute Gasteiger partial charge is 0.263 e. The van der Waals surface area contributed by atoms with E-state index in [-0.39, 0.29) is 5.41 Å². The number of nitrogens with zero attached hydrogens (tertiary/aromatic N) is 3. The van der Waals surface area contributed by atoms with Gasteiger partial charge in [0.2, 0.25) is 0 Å². The number of pyridine rings is 3. The Balaban J connectivity index is 1.51. The van der Waals surface area contributed by atoms with Gasteiger partial charge in [-0.15, -0.1) is 0 Å². The molecule has 5 rings (SSSR count). The first-order chi connectivity index (χ1) is 16.1. The minimum absolute atomic E-state index is 0.257. The molecule has 3 nitrogen and oxygen atoms in total. The monoisotopic (exact) mass is 427 g/mol. The third-order valence-electron chi connectivity index (χ3n) is 6.08. The molecule has 0 atom stereocenters. The lowest BCUT2D eigenvalue weighted by Crippen LogP contribution is -2.20. The van der Waals surface area contributed by atoms with Gasteiger partial charge in [-0.3, -0.25) is 15.0 Å². The van der Waals surface area contributed by atoms with Gasteiger partial charge in [0.05, 0.1) is 17.1 Å². The third kappa shape index (κ3) is 4.31. The Morgan fingerprint density at radius 1 is 0.576 bits per heavy atom. The lowest BCUT2D eigenvalue weighted by Gasteiger charge is -2.26. The molecule has 0 saturated carbocycles. The smallest absolute Gasteiger partial charge is 0.0721 e. The van der Waals surface area contributed by atoms with Crippen LogP contribution in [0.5, 0.6) is 0 Å². The van der Waals surface area contributed by atoms with Crippen LogP contribution in [0.4, 0.5) is 0 Å². The second kappa shape index (κ2) is 8.79. The average Bonchev–Trinajstić information content (AvgIpc) is 2.90. The summed E-state index contributed by atoms with van der Waals surface area (Å²) < 4.78 is 0. The molecular weight excluding hydrogens is 402 g/mol. The summed E-state index contributed by atoms with van der Waals surface area (Å²) in [6.45, 7) is 4.46. The van der Waals surface area contributed by atoms with Crippen molar-refractivity contribution in [2.24, 2.45) is 0 Å². The van der Waals surface area contributed by atoms with Crippen molar-refractivity contribution in [3.05, 3.63) is 127 Å². The first kappa shape index (κ1) is 20.8. The van der Waals surface area contributed by atoms with Gasteiger partial charge in [0.1, 0.15) is 0 Å². The summed E-state index contributed by atoms with van der Waals surface area (Å²) in [5, 5.41) is 0. The van der Waals surface area contributed by atoms with Crippen molar-refractivity contribution in [1.29, 1.82) is 0 Å². The Morgan fingerprint density at radius 2 is 1.27 bits per heavy atom. The zero-order chi connectivity index (χ0) is 22.7. The number of rotatable bonds is 5. The van der Waals surface area contributed by atoms with Crippen molar-refractivity contribution in [2.75, 3.05) is 0 Å². The van der Waals surface area contributed by atoms with E-state index in [1.54, 1.807) is 6.20 Å². The van der Waals surface area contributed by atoms with E-state index in [4.69, 9.17) is 4.98 Å². The molecule has 33 heavy (non-hydrogen) atoms. The van der Waals surface area contributed by atoms with Crippen molar-refractivity contribution >= 4 is 0 Å². The summed E-state index contributed by atoms with van der Waals surface area (Å²) in [4.78, 5) is 14.0. The molecule has 2 aromatic carbocycles. The Morgan fingerprint density at radius 3 is 2.06 bits per heavy atom. The first-order valence-corrected chi connectivity index (χ1v) is 11.1. The molecule has 0 aliphatic carbocycles. The summed E-state index contributed by atoms with van der Waals surface area (Å²) in [5.74, 6) is 0. The van der Waals surface area contributed by atoms with Gasteiger partial charge >= 0.3 is 0 Å². The van der Waals surface area contributed by atoms with Gasteiger partial charge < -0.3 is 0 Å². The van der Waals surface area contributed by atoms with E-state index >= 15 is 0 Å². The van der Waals surface area contributed by atoms with Gasteiger partial charge in [0.15, 0.2) is 0 Å². The molecule has 0 unspecified atom stereocenters. The summed E-state index contributed by atoms with van der Waals surface area (Å²) in [5.41, 5.74) is 8.20. The van der Waals surface area contributed by atoms with Gasteiger partial charge in [0.25, 0.3) is 0 Å². The van der Waals surface area contributed by atoms with Gasteiger partial charge in [-0.2, -0.15) is 0 Å². The fourth-order valence-corrected chi connectivity index (χ4v) is 4.06. The molecular formula is C30H25N3. The summed E-state index contributed by atoms with van der Waals surface area (Å²) in [6.07, 6.45) is 5.50. The maximum absolute atomic E-state index is 5.07. The maximum atomic E-state index is 5.07. The second-order valence-corrected chi connectivity index (χ2v) is 8.66. The zero-order valence-corrected chi connectivity index (χ0v) is 18.8. The Kier molecular flexibility index (Phi) is 5.54. The molecule has 0 radical (unpaired) electrons. The van der Waals surface area contributed by atoms with Gasteiger partial charge in [-0.05, 0) is 47.0 Å². The Hall–Kier alpha value is -4.11. The molecule has 0 aliphatic rings. The third-order valence-corrected chi connectivity index (χ3v) is 6.08. The van der Waals surface area contributed by atoms with E-state index < -0.39 is 0 Å². The molecule has 0 bridgehead atoms. The Labute approximate surface area is 194 Å². The van der Waals surface area contributed by atoms with Crippen LogP contribution >= 0.6 is 0 Å². The molecule has 0 aliphatic heterocycles. The highest BCUT2D eigenvalue weighted by Crippen LogP contribution is 2.34. The van der Waals surface area contributed by atoms with E-state index in [1.807, 2.05) is 42.7 Å². The van der Waals surface area contributed by atoms with Gasteiger partial charge in [-0.25, -0.2) is 0 Å². The van der Waals surface area contributed by atoms with E-state index in [1.165, 1.54) is 16.7 Å². The summed E-state index contributed by atoms with van der Waals surface area (Å²) in [7, 11) is 0. The summed E-state index contributed by atoms with van der Waals surface area (Å²) >= 11 is 0. The topological polar surface area (TPSA) is 38.7 Å². The molecule has 3 heterocycles. The highest BCUT2D eigenvalue weighted by atomic mass is 14.7. The van der Waals surface area contributed by atoms with Crippen LogP contribution in [0.1, 0.15) is 25.1 Å². The van der Waals surface area contributed by atoms with E-state index in [0.29, 0.717) is 0 Å². The fourth-order valence-electron chi connectivity index (χ4n) is 4.06. The molecule has 0 fully saturated rings. The molecule has 0 saturated heterocycles. The van der Waals surface area contributed by atoms with Gasteiger partial charge in [-0.1, -0.05) is 80.6 Å². The quantitative estimate of drug-likeness (QED) is 0.298. The minimum atomic E-state index is -0.257. The fraction of sp³-hybridized carbons (Fsp3) is 0.100. The van der Waals surface area contributed by atoms with Crippen LogP contribution in [0.15, 0.2) is 116 Å². The normalized spacial score (nSPS) is 11.3. The highest BCUT2D eigenvalue weighted by Gasteiger charge is 2.25.